The molecule has 0 aromatic rings. The monoisotopic (exact) mass is 282 g/mol. The Bertz CT molecular complexity index is 280. The van der Waals surface area contributed by atoms with Crippen LogP contribution in [0.1, 0.15) is 53.4 Å². The van der Waals surface area contributed by atoms with Crippen molar-refractivity contribution in [2.24, 2.45) is 10.9 Å². The lowest BCUT2D eigenvalue weighted by Gasteiger charge is -2.26. The highest BCUT2D eigenvalue weighted by atomic mass is 15.2. The minimum absolute atomic E-state index is 0.644. The Labute approximate surface area is 125 Å². The van der Waals surface area contributed by atoms with Crippen molar-refractivity contribution in [3.63, 3.8) is 0 Å². The Morgan fingerprint density at radius 3 is 2.30 bits per heavy atom. The van der Waals surface area contributed by atoms with E-state index in [0.29, 0.717) is 6.04 Å². The van der Waals surface area contributed by atoms with E-state index in [1.54, 1.807) is 0 Å². The molecule has 0 aromatic carbocycles. The van der Waals surface area contributed by atoms with Gasteiger partial charge >= 0.3 is 0 Å². The summed E-state index contributed by atoms with van der Waals surface area (Å²) in [5, 5.41) is 6.82. The van der Waals surface area contributed by atoms with Crippen LogP contribution in [0.5, 0.6) is 0 Å². The summed E-state index contributed by atoms with van der Waals surface area (Å²) in [6, 6.07) is 1.48. The quantitative estimate of drug-likeness (QED) is 0.388. The van der Waals surface area contributed by atoms with Crippen molar-refractivity contribution >= 4 is 5.96 Å². The smallest absolute Gasteiger partial charge is 0.191 e. The van der Waals surface area contributed by atoms with Gasteiger partial charge in [-0.15, -0.1) is 0 Å². The Hall–Kier alpha value is -0.770. The summed E-state index contributed by atoms with van der Waals surface area (Å²) < 4.78 is 0. The molecule has 4 heteroatoms. The van der Waals surface area contributed by atoms with Crippen molar-refractivity contribution in [3.05, 3.63) is 0 Å². The van der Waals surface area contributed by atoms with Crippen LogP contribution >= 0.6 is 0 Å². The third kappa shape index (κ3) is 7.13. The molecule has 1 aliphatic rings. The number of nitrogens with zero attached hydrogens (tertiary/aromatic N) is 2. The van der Waals surface area contributed by atoms with Crippen molar-refractivity contribution in [1.29, 1.82) is 0 Å². The third-order valence-corrected chi connectivity index (χ3v) is 3.82. The summed E-state index contributed by atoms with van der Waals surface area (Å²) in [7, 11) is 1.85. The van der Waals surface area contributed by atoms with E-state index >= 15 is 0 Å². The maximum Gasteiger partial charge on any atom is 0.191 e. The van der Waals surface area contributed by atoms with Crippen LogP contribution in [0, 0.1) is 5.92 Å². The number of hydrogen-bond acceptors (Lipinski definition) is 2. The number of rotatable bonds is 9. The second-order valence-corrected chi connectivity index (χ2v) is 6.52. The van der Waals surface area contributed by atoms with Gasteiger partial charge in [-0.1, -0.05) is 13.8 Å². The van der Waals surface area contributed by atoms with Gasteiger partial charge in [-0.25, -0.2) is 0 Å². The predicted octanol–water partition coefficient (Wildman–Crippen LogP) is 2.46. The second-order valence-electron chi connectivity index (χ2n) is 6.52. The minimum atomic E-state index is 0.644. The zero-order chi connectivity index (χ0) is 15.0. The molecular weight excluding hydrogens is 248 g/mol. The largest absolute Gasteiger partial charge is 0.356 e. The van der Waals surface area contributed by atoms with Gasteiger partial charge < -0.3 is 10.6 Å². The van der Waals surface area contributed by atoms with E-state index in [9.17, 15) is 0 Å². The summed E-state index contributed by atoms with van der Waals surface area (Å²) in [6.07, 6.45) is 5.23. The molecule has 0 heterocycles. The standard InChI is InChI=1S/C16H34N4/c1-13(2)7-6-10-18-16(17-5)19-11-12-20(14(3)4)15-8-9-15/h13-15H,6-12H2,1-5H3,(H2,17,18,19). The molecule has 0 aliphatic heterocycles. The molecule has 0 aromatic heterocycles. The number of guanidine groups is 1. The molecule has 1 aliphatic carbocycles. The highest BCUT2D eigenvalue weighted by Gasteiger charge is 2.29. The SMILES string of the molecule is CN=C(NCCCC(C)C)NCCN(C(C)C)C1CC1. The van der Waals surface area contributed by atoms with Crippen molar-refractivity contribution in [2.75, 3.05) is 26.7 Å². The van der Waals surface area contributed by atoms with Gasteiger partial charge in [0.1, 0.15) is 0 Å². The van der Waals surface area contributed by atoms with Gasteiger partial charge in [0.15, 0.2) is 5.96 Å². The van der Waals surface area contributed by atoms with E-state index in [0.717, 1.165) is 37.6 Å². The maximum absolute atomic E-state index is 4.28. The lowest BCUT2D eigenvalue weighted by molar-refractivity contribution is 0.215. The third-order valence-electron chi connectivity index (χ3n) is 3.82. The van der Waals surface area contributed by atoms with Crippen molar-refractivity contribution < 1.29 is 0 Å². The van der Waals surface area contributed by atoms with Crippen LogP contribution in [-0.4, -0.2) is 49.6 Å². The van der Waals surface area contributed by atoms with Crippen molar-refractivity contribution in [3.8, 4) is 0 Å². The molecule has 0 atom stereocenters. The normalized spacial score (nSPS) is 16.3. The van der Waals surface area contributed by atoms with E-state index in [4.69, 9.17) is 0 Å². The van der Waals surface area contributed by atoms with Crippen LogP contribution in [0.25, 0.3) is 0 Å². The Morgan fingerprint density at radius 2 is 1.80 bits per heavy atom. The van der Waals surface area contributed by atoms with E-state index in [2.05, 4.69) is 48.2 Å². The molecule has 1 fully saturated rings. The Kier molecular flexibility index (Phi) is 7.97. The van der Waals surface area contributed by atoms with Gasteiger partial charge in [0, 0.05) is 38.8 Å². The molecule has 4 nitrogen and oxygen atoms in total. The van der Waals surface area contributed by atoms with Crippen molar-refractivity contribution in [1.82, 2.24) is 15.5 Å². The average molecular weight is 282 g/mol. The van der Waals surface area contributed by atoms with E-state index < -0.39 is 0 Å². The van der Waals surface area contributed by atoms with Crippen LogP contribution in [0.3, 0.4) is 0 Å². The maximum atomic E-state index is 4.28. The first-order valence-corrected chi connectivity index (χ1v) is 8.24. The van der Waals surface area contributed by atoms with Gasteiger partial charge in [-0.3, -0.25) is 9.89 Å². The van der Waals surface area contributed by atoms with E-state index in [1.165, 1.54) is 25.7 Å². The van der Waals surface area contributed by atoms with Crippen LogP contribution in [0.4, 0.5) is 0 Å². The zero-order valence-electron chi connectivity index (χ0n) is 14.1. The number of aliphatic imine (C=N–C) groups is 1. The molecule has 0 amide bonds. The summed E-state index contributed by atoms with van der Waals surface area (Å²) in [4.78, 5) is 6.88. The topological polar surface area (TPSA) is 39.7 Å². The average Bonchev–Trinajstić information content (AvgIpc) is 3.20. The summed E-state index contributed by atoms with van der Waals surface area (Å²) in [6.45, 7) is 12.2. The van der Waals surface area contributed by atoms with Crippen LogP contribution < -0.4 is 10.6 Å². The van der Waals surface area contributed by atoms with Gasteiger partial charge in [-0.05, 0) is 45.4 Å². The van der Waals surface area contributed by atoms with Crippen molar-refractivity contribution in [2.45, 2.75) is 65.5 Å². The van der Waals surface area contributed by atoms with Gasteiger partial charge in [-0.2, -0.15) is 0 Å². The zero-order valence-corrected chi connectivity index (χ0v) is 14.1. The molecular formula is C16H34N4. The molecule has 0 spiro atoms. The Morgan fingerprint density at radius 1 is 1.15 bits per heavy atom. The molecule has 2 N–H and O–H groups in total. The van der Waals surface area contributed by atoms with Gasteiger partial charge in [0.25, 0.3) is 0 Å². The summed E-state index contributed by atoms with van der Waals surface area (Å²) in [5.41, 5.74) is 0. The van der Waals surface area contributed by atoms with Crippen LogP contribution in [-0.2, 0) is 0 Å². The first-order valence-electron chi connectivity index (χ1n) is 8.24. The first-order chi connectivity index (χ1) is 9.54. The molecule has 1 rings (SSSR count). The second kappa shape index (κ2) is 9.22. The molecule has 0 unspecified atom stereocenters. The van der Waals surface area contributed by atoms with Gasteiger partial charge in [0.2, 0.25) is 0 Å². The lowest BCUT2D eigenvalue weighted by Crippen LogP contribution is -2.44. The number of hydrogen-bond donors (Lipinski definition) is 2. The molecule has 118 valence electrons. The molecule has 0 bridgehead atoms. The number of nitrogens with one attached hydrogen (secondary N) is 2. The highest BCUT2D eigenvalue weighted by molar-refractivity contribution is 5.79. The van der Waals surface area contributed by atoms with Crippen LogP contribution in [0.15, 0.2) is 4.99 Å². The minimum Gasteiger partial charge on any atom is -0.356 e. The summed E-state index contributed by atoms with van der Waals surface area (Å²) >= 11 is 0. The molecule has 0 radical (unpaired) electrons. The van der Waals surface area contributed by atoms with E-state index in [-0.39, 0.29) is 0 Å². The van der Waals surface area contributed by atoms with Crippen LogP contribution in [0.2, 0.25) is 0 Å². The highest BCUT2D eigenvalue weighted by Crippen LogP contribution is 2.27. The fourth-order valence-corrected chi connectivity index (χ4v) is 2.51. The fourth-order valence-electron chi connectivity index (χ4n) is 2.51. The van der Waals surface area contributed by atoms with E-state index in [1.807, 2.05) is 7.05 Å². The predicted molar refractivity (Wildman–Crippen MR) is 88.3 cm³/mol. The Balaban J connectivity index is 2.14. The van der Waals surface area contributed by atoms with Gasteiger partial charge in [0.05, 0.1) is 0 Å². The fraction of sp³-hybridized carbons (Fsp3) is 0.938. The first kappa shape index (κ1) is 17.3. The summed E-state index contributed by atoms with van der Waals surface area (Å²) in [5.74, 6) is 1.72. The molecule has 0 saturated heterocycles. The molecule has 1 saturated carbocycles. The molecule has 20 heavy (non-hydrogen) atoms. The lowest BCUT2D eigenvalue weighted by atomic mass is 10.1.